The fraction of sp³-hybridized carbons (Fsp3) is 0.389. The van der Waals surface area contributed by atoms with Gasteiger partial charge in [-0.05, 0) is 69.3 Å². The zero-order chi connectivity index (χ0) is 32.4. The van der Waals surface area contributed by atoms with E-state index < -0.39 is 34.2 Å². The summed E-state index contributed by atoms with van der Waals surface area (Å²) >= 11 is 0. The van der Waals surface area contributed by atoms with Crippen molar-refractivity contribution in [3.05, 3.63) is 123 Å². The Morgan fingerprint density at radius 1 is 0.978 bits per heavy atom. The predicted octanol–water partition coefficient (Wildman–Crippen LogP) is 6.77. The van der Waals surface area contributed by atoms with Gasteiger partial charge in [-0.2, -0.15) is 0 Å². The van der Waals surface area contributed by atoms with Gasteiger partial charge in [0.1, 0.15) is 5.41 Å². The van der Waals surface area contributed by atoms with Crippen LogP contribution in [-0.4, -0.2) is 57.1 Å². The Morgan fingerprint density at radius 3 is 2.02 bits per heavy atom. The maximum absolute atomic E-state index is 13.6. The molecule has 0 radical (unpaired) electrons. The van der Waals surface area contributed by atoms with E-state index >= 15 is 0 Å². The highest BCUT2D eigenvalue weighted by Crippen LogP contribution is 2.52. The molecule has 9 nitrogen and oxygen atoms in total. The minimum Gasteiger partial charge on any atom is -0.481 e. The third-order valence-electron chi connectivity index (χ3n) is 10.3. The summed E-state index contributed by atoms with van der Waals surface area (Å²) in [6, 6.07) is 26.0. The number of nitrogens with one attached hydrogen (secondary N) is 1. The largest absolute Gasteiger partial charge is 0.481 e. The Labute approximate surface area is 275 Å². The number of nitro groups is 1. The van der Waals surface area contributed by atoms with Crippen molar-refractivity contribution in [3.8, 4) is 0 Å². The van der Waals surface area contributed by atoms with Crippen molar-refractivity contribution in [2.24, 2.45) is 5.41 Å². The quantitative estimate of drug-likeness (QED) is 0.162. The number of halogens is 1. The first kappa shape index (κ1) is 34.7. The number of benzene rings is 3. The number of allylic oxidation sites excluding steroid dienone is 1. The molecule has 1 saturated heterocycles. The molecular formula is C36H42ClN3O6. The molecule has 46 heavy (non-hydrogen) atoms. The van der Waals surface area contributed by atoms with Crippen LogP contribution in [0.4, 0.5) is 5.69 Å². The van der Waals surface area contributed by atoms with Crippen LogP contribution >= 0.6 is 12.4 Å². The van der Waals surface area contributed by atoms with Crippen LogP contribution in [0, 0.1) is 15.5 Å². The molecule has 3 aromatic rings. The lowest BCUT2D eigenvalue weighted by molar-refractivity contribution is -0.384. The summed E-state index contributed by atoms with van der Waals surface area (Å²) < 4.78 is 0. The van der Waals surface area contributed by atoms with Crippen LogP contribution in [-0.2, 0) is 15.0 Å². The van der Waals surface area contributed by atoms with E-state index in [4.69, 9.17) is 0 Å². The molecule has 0 saturated carbocycles. The molecule has 244 valence electrons. The fourth-order valence-corrected chi connectivity index (χ4v) is 7.96. The summed E-state index contributed by atoms with van der Waals surface area (Å²) in [6.45, 7) is 6.92. The van der Waals surface area contributed by atoms with Gasteiger partial charge in [0.05, 0.1) is 10.5 Å². The van der Waals surface area contributed by atoms with Crippen molar-refractivity contribution < 1.29 is 24.7 Å². The number of carboxylic acid groups (broad SMARTS) is 2. The summed E-state index contributed by atoms with van der Waals surface area (Å²) in [4.78, 5) is 39.8. The second kappa shape index (κ2) is 14.1. The number of nitrogens with zero attached hydrogens (tertiary/aromatic N) is 2. The summed E-state index contributed by atoms with van der Waals surface area (Å²) in [7, 11) is 0. The van der Waals surface area contributed by atoms with Gasteiger partial charge >= 0.3 is 11.9 Å². The molecule has 3 N–H and O–H groups in total. The van der Waals surface area contributed by atoms with Crippen molar-refractivity contribution >= 4 is 30.0 Å². The van der Waals surface area contributed by atoms with E-state index in [2.05, 4.69) is 58.7 Å². The van der Waals surface area contributed by atoms with E-state index in [0.717, 1.165) is 25.9 Å². The Balaban J connectivity index is 0.00000480. The lowest BCUT2D eigenvalue weighted by Gasteiger charge is -2.51. The monoisotopic (exact) mass is 647 g/mol. The Hall–Kier alpha value is -4.21. The minimum atomic E-state index is -1.59. The van der Waals surface area contributed by atoms with Crippen molar-refractivity contribution in [3.63, 3.8) is 0 Å². The number of non-ortho nitro benzene ring substituents is 1. The van der Waals surface area contributed by atoms with Gasteiger partial charge in [0, 0.05) is 41.2 Å². The summed E-state index contributed by atoms with van der Waals surface area (Å²) in [5, 5.41) is 36.3. The summed E-state index contributed by atoms with van der Waals surface area (Å²) in [6.07, 6.45) is 2.53. The highest BCUT2D eigenvalue weighted by atomic mass is 35.5. The van der Waals surface area contributed by atoms with Gasteiger partial charge in [0.2, 0.25) is 0 Å². The summed E-state index contributed by atoms with van der Waals surface area (Å²) in [5.74, 6) is -3.46. The van der Waals surface area contributed by atoms with Crippen molar-refractivity contribution in [2.75, 3.05) is 13.1 Å². The molecule has 2 heterocycles. The third kappa shape index (κ3) is 6.13. The predicted molar refractivity (Wildman–Crippen MR) is 179 cm³/mol. The number of nitro benzene ring substituents is 1. The van der Waals surface area contributed by atoms with Crippen molar-refractivity contribution in [1.82, 2.24) is 10.2 Å². The first-order valence-electron chi connectivity index (χ1n) is 15.6. The van der Waals surface area contributed by atoms with Crippen LogP contribution < -0.4 is 5.32 Å². The molecule has 2 aliphatic rings. The molecule has 0 aliphatic carbocycles. The Morgan fingerprint density at radius 2 is 1.54 bits per heavy atom. The van der Waals surface area contributed by atoms with Gasteiger partial charge in [-0.3, -0.25) is 14.9 Å². The molecule has 4 unspecified atom stereocenters. The number of hydrogen-bond donors (Lipinski definition) is 3. The second-order valence-electron chi connectivity index (χ2n) is 12.5. The van der Waals surface area contributed by atoms with E-state index in [1.807, 2.05) is 19.1 Å². The standard InChI is InChI=1S/C36H41N3O6.ClH/c1-4-29(38-20-18-35(19-21-38,27-13-7-5-8-14-27)28-15-9-6-10-16-28)23-36(34(42)43)25(3)37-24(2)31(33(40)41)32(36)26-12-11-17-30(22-26)39(44)45;/h5-17,22,25,29,32,37H,4,18-21,23H2,1-3H3,(H,40,41)(H,42,43);1H. The van der Waals surface area contributed by atoms with E-state index in [-0.39, 0.29) is 41.5 Å². The number of carboxylic acids is 2. The smallest absolute Gasteiger partial charge is 0.333 e. The third-order valence-corrected chi connectivity index (χ3v) is 10.3. The first-order valence-corrected chi connectivity index (χ1v) is 15.6. The highest BCUT2D eigenvalue weighted by molar-refractivity contribution is 5.93. The molecule has 0 bridgehead atoms. The molecule has 4 atom stereocenters. The molecule has 0 spiro atoms. The normalized spacial score (nSPS) is 23.5. The van der Waals surface area contributed by atoms with Gasteiger partial charge in [-0.25, -0.2) is 4.79 Å². The van der Waals surface area contributed by atoms with E-state index in [9.17, 15) is 29.9 Å². The van der Waals surface area contributed by atoms with Crippen LogP contribution in [0.25, 0.3) is 0 Å². The van der Waals surface area contributed by atoms with Gasteiger partial charge in [-0.15, -0.1) is 12.4 Å². The lowest BCUT2D eigenvalue weighted by Crippen LogP contribution is -2.59. The number of hydrogen-bond acceptors (Lipinski definition) is 6. The molecule has 1 fully saturated rings. The van der Waals surface area contributed by atoms with Crippen LogP contribution in [0.3, 0.4) is 0 Å². The molecule has 0 amide bonds. The molecule has 2 aliphatic heterocycles. The van der Waals surface area contributed by atoms with Crippen LogP contribution in [0.15, 0.2) is 96.2 Å². The minimum absolute atomic E-state index is 0. The molecule has 5 rings (SSSR count). The second-order valence-corrected chi connectivity index (χ2v) is 12.5. The van der Waals surface area contributed by atoms with Crippen molar-refractivity contribution in [1.29, 1.82) is 0 Å². The number of rotatable bonds is 10. The maximum atomic E-state index is 13.6. The molecule has 10 heteroatoms. The maximum Gasteiger partial charge on any atom is 0.333 e. The average Bonchev–Trinajstić information content (AvgIpc) is 3.05. The van der Waals surface area contributed by atoms with Gasteiger partial charge in [-0.1, -0.05) is 79.7 Å². The van der Waals surface area contributed by atoms with Gasteiger partial charge in [0.25, 0.3) is 5.69 Å². The van der Waals surface area contributed by atoms with Gasteiger partial charge < -0.3 is 20.4 Å². The lowest BCUT2D eigenvalue weighted by atomic mass is 9.59. The number of aliphatic carboxylic acids is 2. The van der Waals surface area contributed by atoms with Crippen molar-refractivity contribution in [2.45, 2.75) is 69.9 Å². The summed E-state index contributed by atoms with van der Waals surface area (Å²) in [5.41, 5.74) is 1.15. The molecule has 3 aromatic carbocycles. The average molecular weight is 648 g/mol. The van der Waals surface area contributed by atoms with Crippen LogP contribution in [0.1, 0.15) is 69.1 Å². The Kier molecular flexibility index (Phi) is 10.6. The number of likely N-dealkylation sites (tertiary alicyclic amines) is 1. The number of piperidine rings is 1. The van der Waals surface area contributed by atoms with E-state index in [1.54, 1.807) is 19.9 Å². The van der Waals surface area contributed by atoms with E-state index in [0.29, 0.717) is 17.7 Å². The van der Waals surface area contributed by atoms with E-state index in [1.165, 1.54) is 29.3 Å². The number of carbonyl (C=O) groups is 2. The first-order chi connectivity index (χ1) is 21.5. The topological polar surface area (TPSA) is 133 Å². The zero-order valence-corrected chi connectivity index (χ0v) is 27.2. The molecule has 0 aromatic heterocycles. The SMILES string of the molecule is CCC(CC1(C(=O)O)C(C)NC(C)=C(C(=O)O)C1c1cccc([N+](=O)[O-])c1)N1CCC(c2ccccc2)(c2ccccc2)CC1.Cl. The fourth-order valence-electron chi connectivity index (χ4n) is 7.96. The highest BCUT2D eigenvalue weighted by Gasteiger charge is 2.57. The molecular weight excluding hydrogens is 606 g/mol. The van der Waals surface area contributed by atoms with Crippen LogP contribution in [0.2, 0.25) is 0 Å². The van der Waals surface area contributed by atoms with Crippen LogP contribution in [0.5, 0.6) is 0 Å². The Bertz CT molecular complexity index is 1550. The van der Waals surface area contributed by atoms with Gasteiger partial charge in [0.15, 0.2) is 0 Å². The zero-order valence-electron chi connectivity index (χ0n) is 26.4.